The zero-order chi connectivity index (χ0) is 23.8. The van der Waals surface area contributed by atoms with Crippen molar-refractivity contribution >= 4 is 21.6 Å². The molecule has 0 atom stereocenters. The van der Waals surface area contributed by atoms with Crippen LogP contribution < -0.4 is 14.4 Å². The maximum atomic E-state index is 13.4. The number of hydrogen-bond acceptors (Lipinski definition) is 4. The van der Waals surface area contributed by atoms with Gasteiger partial charge < -0.3 is 10.1 Å². The van der Waals surface area contributed by atoms with Crippen LogP contribution in [0.15, 0.2) is 77.7 Å². The number of carbonyl (C=O) groups excluding carboxylic acids is 1. The van der Waals surface area contributed by atoms with Gasteiger partial charge in [-0.15, -0.1) is 0 Å². The van der Waals surface area contributed by atoms with Crippen molar-refractivity contribution in [1.29, 1.82) is 0 Å². The van der Waals surface area contributed by atoms with Crippen molar-refractivity contribution in [2.45, 2.75) is 31.6 Å². The van der Waals surface area contributed by atoms with E-state index in [1.54, 1.807) is 43.5 Å². The molecule has 1 N–H and O–H groups in total. The molecule has 1 amide bonds. The zero-order valence-corrected chi connectivity index (χ0v) is 20.1. The fraction of sp³-hybridized carbons (Fsp3) is 0.269. The molecule has 0 aromatic heterocycles. The predicted octanol–water partition coefficient (Wildman–Crippen LogP) is 4.26. The zero-order valence-electron chi connectivity index (χ0n) is 19.2. The summed E-state index contributed by atoms with van der Waals surface area (Å²) in [4.78, 5) is 12.9. The third kappa shape index (κ3) is 6.58. The number of nitrogens with zero attached hydrogens (tertiary/aromatic N) is 1. The van der Waals surface area contributed by atoms with Gasteiger partial charge in [0.25, 0.3) is 10.0 Å². The van der Waals surface area contributed by atoms with E-state index < -0.39 is 10.0 Å². The van der Waals surface area contributed by atoms with E-state index in [9.17, 15) is 13.2 Å². The van der Waals surface area contributed by atoms with Crippen molar-refractivity contribution in [2.24, 2.45) is 0 Å². The molecule has 3 aromatic carbocycles. The van der Waals surface area contributed by atoms with Crippen molar-refractivity contribution < 1.29 is 17.9 Å². The minimum absolute atomic E-state index is 0.152. The molecule has 3 rings (SSSR count). The lowest BCUT2D eigenvalue weighted by atomic mass is 10.1. The topological polar surface area (TPSA) is 75.7 Å². The van der Waals surface area contributed by atoms with Gasteiger partial charge in [-0.1, -0.05) is 47.5 Å². The summed E-state index contributed by atoms with van der Waals surface area (Å²) in [7, 11) is -2.27. The Hall–Kier alpha value is -3.32. The van der Waals surface area contributed by atoms with Gasteiger partial charge in [-0.25, -0.2) is 8.42 Å². The Kier molecular flexibility index (Phi) is 8.11. The molecule has 7 heteroatoms. The molecule has 0 unspecified atom stereocenters. The minimum Gasteiger partial charge on any atom is -0.497 e. The lowest BCUT2D eigenvalue weighted by Gasteiger charge is -2.24. The normalized spacial score (nSPS) is 11.1. The van der Waals surface area contributed by atoms with E-state index in [1.165, 1.54) is 0 Å². The molecule has 0 spiro atoms. The highest BCUT2D eigenvalue weighted by Gasteiger charge is 2.27. The van der Waals surface area contributed by atoms with E-state index >= 15 is 0 Å². The monoisotopic (exact) mass is 466 g/mol. The summed E-state index contributed by atoms with van der Waals surface area (Å²) in [5, 5.41) is 2.85. The number of hydrogen-bond donors (Lipinski definition) is 1. The van der Waals surface area contributed by atoms with Gasteiger partial charge >= 0.3 is 0 Å². The van der Waals surface area contributed by atoms with Crippen LogP contribution in [0.3, 0.4) is 0 Å². The number of amides is 1. The second kappa shape index (κ2) is 11.0. The summed E-state index contributed by atoms with van der Waals surface area (Å²) in [6.45, 7) is 3.98. The van der Waals surface area contributed by atoms with E-state index in [-0.39, 0.29) is 17.3 Å². The van der Waals surface area contributed by atoms with Crippen LogP contribution in [-0.4, -0.2) is 34.5 Å². The molecule has 3 aromatic rings. The van der Waals surface area contributed by atoms with Crippen LogP contribution in [0.4, 0.5) is 5.69 Å². The second-order valence-corrected chi connectivity index (χ2v) is 9.83. The van der Waals surface area contributed by atoms with E-state index in [1.807, 2.05) is 50.2 Å². The maximum Gasteiger partial charge on any atom is 0.264 e. The summed E-state index contributed by atoms with van der Waals surface area (Å²) in [5.41, 5.74) is 3.54. The number of anilines is 1. The number of sulfonamides is 1. The molecule has 0 aliphatic carbocycles. The van der Waals surface area contributed by atoms with Crippen LogP contribution in [0.2, 0.25) is 0 Å². The molecule has 6 nitrogen and oxygen atoms in total. The van der Waals surface area contributed by atoms with Gasteiger partial charge in [-0.2, -0.15) is 0 Å². The number of benzene rings is 3. The molecule has 0 aliphatic heterocycles. The molecule has 0 heterocycles. The van der Waals surface area contributed by atoms with Gasteiger partial charge in [-0.05, 0) is 68.7 Å². The number of aryl methyl sites for hydroxylation is 3. The lowest BCUT2D eigenvalue weighted by molar-refractivity contribution is -0.119. The third-order valence-electron chi connectivity index (χ3n) is 5.32. The molecule has 33 heavy (non-hydrogen) atoms. The van der Waals surface area contributed by atoms with Gasteiger partial charge in [-0.3, -0.25) is 9.10 Å². The average molecular weight is 467 g/mol. The Morgan fingerprint density at radius 1 is 0.939 bits per heavy atom. The first-order chi connectivity index (χ1) is 15.8. The summed E-state index contributed by atoms with van der Waals surface area (Å²) in [5.74, 6) is 0.448. The Morgan fingerprint density at radius 3 is 2.21 bits per heavy atom. The van der Waals surface area contributed by atoms with Gasteiger partial charge in [0, 0.05) is 6.54 Å². The fourth-order valence-corrected chi connectivity index (χ4v) is 4.82. The van der Waals surface area contributed by atoms with Crippen LogP contribution in [0.5, 0.6) is 5.75 Å². The fourth-order valence-electron chi connectivity index (χ4n) is 3.40. The van der Waals surface area contributed by atoms with Crippen LogP contribution in [0.1, 0.15) is 23.1 Å². The number of rotatable bonds is 10. The highest BCUT2D eigenvalue weighted by molar-refractivity contribution is 7.92. The van der Waals surface area contributed by atoms with Crippen molar-refractivity contribution in [3.8, 4) is 5.75 Å². The van der Waals surface area contributed by atoms with E-state index in [0.29, 0.717) is 12.2 Å². The van der Waals surface area contributed by atoms with E-state index in [4.69, 9.17) is 4.74 Å². The molecule has 174 valence electrons. The highest BCUT2D eigenvalue weighted by atomic mass is 32.2. The number of carbonyl (C=O) groups is 1. The number of nitrogens with one attached hydrogen (secondary N) is 1. The summed E-state index contributed by atoms with van der Waals surface area (Å²) >= 11 is 0. The second-order valence-electron chi connectivity index (χ2n) is 7.97. The molecule has 0 radical (unpaired) electrons. The van der Waals surface area contributed by atoms with Crippen LogP contribution >= 0.6 is 0 Å². The quantitative estimate of drug-likeness (QED) is 0.453. The molecular weight excluding hydrogens is 436 g/mol. The lowest BCUT2D eigenvalue weighted by Crippen LogP contribution is -2.41. The van der Waals surface area contributed by atoms with Crippen molar-refractivity contribution in [2.75, 3.05) is 24.5 Å². The largest absolute Gasteiger partial charge is 0.497 e. The smallest absolute Gasteiger partial charge is 0.264 e. The number of methoxy groups -OCH3 is 1. The minimum atomic E-state index is -3.90. The first-order valence-electron chi connectivity index (χ1n) is 10.9. The van der Waals surface area contributed by atoms with Crippen LogP contribution in [0, 0.1) is 13.8 Å². The third-order valence-corrected chi connectivity index (χ3v) is 7.10. The first-order valence-corrected chi connectivity index (χ1v) is 12.3. The van der Waals surface area contributed by atoms with E-state index in [0.717, 1.165) is 39.6 Å². The van der Waals surface area contributed by atoms with Crippen LogP contribution in [-0.2, 0) is 21.2 Å². The molecule has 0 saturated carbocycles. The maximum absolute atomic E-state index is 13.4. The molecule has 0 fully saturated rings. The van der Waals surface area contributed by atoms with Crippen molar-refractivity contribution in [3.05, 3.63) is 89.5 Å². The average Bonchev–Trinajstić information content (AvgIpc) is 2.81. The van der Waals surface area contributed by atoms with Crippen molar-refractivity contribution in [1.82, 2.24) is 5.32 Å². The summed E-state index contributed by atoms with van der Waals surface area (Å²) < 4.78 is 33.1. The number of ether oxygens (including phenoxy) is 1. The predicted molar refractivity (Wildman–Crippen MR) is 131 cm³/mol. The first kappa shape index (κ1) is 24.3. The Bertz CT molecular complexity index is 1170. The Morgan fingerprint density at radius 2 is 1.58 bits per heavy atom. The van der Waals surface area contributed by atoms with E-state index in [2.05, 4.69) is 5.32 Å². The van der Waals surface area contributed by atoms with Gasteiger partial charge in [0.1, 0.15) is 12.3 Å². The van der Waals surface area contributed by atoms with Crippen LogP contribution in [0.25, 0.3) is 0 Å². The standard InChI is InChI=1S/C26H30N2O4S/c1-20-9-13-23(14-10-20)28(33(30,31)25-15-11-21(2)12-16-25)19-26(29)27-17-5-7-22-6-4-8-24(18-22)32-3/h4,6,8-16,18H,5,7,17,19H2,1-3H3,(H,27,29). The summed E-state index contributed by atoms with van der Waals surface area (Å²) in [6, 6.07) is 21.5. The SMILES string of the molecule is COc1cccc(CCCNC(=O)CN(c2ccc(C)cc2)S(=O)(=O)c2ccc(C)cc2)c1. The molecule has 0 saturated heterocycles. The van der Waals surface area contributed by atoms with Gasteiger partial charge in [0.2, 0.25) is 5.91 Å². The molecule has 0 bridgehead atoms. The van der Waals surface area contributed by atoms with Gasteiger partial charge in [0.05, 0.1) is 17.7 Å². The highest BCUT2D eigenvalue weighted by Crippen LogP contribution is 2.24. The Labute approximate surface area is 196 Å². The van der Waals surface area contributed by atoms with Crippen molar-refractivity contribution in [3.63, 3.8) is 0 Å². The molecule has 0 aliphatic rings. The van der Waals surface area contributed by atoms with Gasteiger partial charge in [0.15, 0.2) is 0 Å². The molecular formula is C26H30N2O4S. The summed E-state index contributed by atoms with van der Waals surface area (Å²) in [6.07, 6.45) is 1.51. The Balaban J connectivity index is 1.68.